The van der Waals surface area contributed by atoms with Gasteiger partial charge in [-0.2, -0.15) is 0 Å². The number of rotatable bonds is 4. The van der Waals surface area contributed by atoms with Crippen molar-refractivity contribution in [2.75, 3.05) is 12.4 Å². The van der Waals surface area contributed by atoms with Gasteiger partial charge < -0.3 is 15.2 Å². The van der Waals surface area contributed by atoms with Gasteiger partial charge in [0.25, 0.3) is 5.91 Å². The van der Waals surface area contributed by atoms with Gasteiger partial charge in [-0.25, -0.2) is 4.98 Å². The van der Waals surface area contributed by atoms with Gasteiger partial charge in [-0.1, -0.05) is 6.92 Å². The van der Waals surface area contributed by atoms with Crippen LogP contribution < -0.4 is 10.1 Å². The number of amides is 1. The van der Waals surface area contributed by atoms with E-state index in [0.29, 0.717) is 34.9 Å². The van der Waals surface area contributed by atoms with E-state index < -0.39 is 0 Å². The van der Waals surface area contributed by atoms with Gasteiger partial charge in [-0.05, 0) is 42.8 Å². The standard InChI is InChI=1S/C17H17N3O3/c1-3-13-15(17(22)18-11-6-8-12(21)9-7-11)20-10-4-5-14(23-2)16(20)19-13/h4-10,21H,3H2,1-2H3,(H,18,22). The second-order valence-corrected chi connectivity index (χ2v) is 5.03. The molecule has 0 aliphatic rings. The molecular weight excluding hydrogens is 294 g/mol. The maximum Gasteiger partial charge on any atom is 0.274 e. The van der Waals surface area contributed by atoms with E-state index in [0.717, 1.165) is 0 Å². The van der Waals surface area contributed by atoms with E-state index in [-0.39, 0.29) is 11.7 Å². The van der Waals surface area contributed by atoms with E-state index in [4.69, 9.17) is 4.74 Å². The number of aromatic hydroxyl groups is 1. The summed E-state index contributed by atoms with van der Waals surface area (Å²) in [4.78, 5) is 17.2. The number of aromatic nitrogens is 2. The van der Waals surface area contributed by atoms with Crippen LogP contribution in [0, 0.1) is 0 Å². The van der Waals surface area contributed by atoms with Crippen molar-refractivity contribution in [1.82, 2.24) is 9.38 Å². The molecule has 6 nitrogen and oxygen atoms in total. The number of hydrogen-bond donors (Lipinski definition) is 2. The highest BCUT2D eigenvalue weighted by Gasteiger charge is 2.20. The molecule has 0 unspecified atom stereocenters. The fraction of sp³-hybridized carbons (Fsp3) is 0.176. The monoisotopic (exact) mass is 311 g/mol. The molecule has 1 amide bonds. The largest absolute Gasteiger partial charge is 0.508 e. The van der Waals surface area contributed by atoms with Gasteiger partial charge in [-0.15, -0.1) is 0 Å². The summed E-state index contributed by atoms with van der Waals surface area (Å²) >= 11 is 0. The Morgan fingerprint density at radius 3 is 2.70 bits per heavy atom. The van der Waals surface area contributed by atoms with E-state index in [1.807, 2.05) is 19.1 Å². The minimum absolute atomic E-state index is 0.150. The number of methoxy groups -OCH3 is 1. The first kappa shape index (κ1) is 14.9. The number of fused-ring (bicyclic) bond motifs is 1. The Kier molecular flexibility index (Phi) is 3.89. The minimum Gasteiger partial charge on any atom is -0.508 e. The molecule has 0 fully saturated rings. The molecule has 2 aromatic heterocycles. The number of pyridine rings is 1. The average molecular weight is 311 g/mol. The zero-order valence-electron chi connectivity index (χ0n) is 12.9. The summed E-state index contributed by atoms with van der Waals surface area (Å²) in [5.41, 5.74) is 2.40. The topological polar surface area (TPSA) is 75.9 Å². The van der Waals surface area contributed by atoms with Gasteiger partial charge in [0.05, 0.1) is 12.8 Å². The molecule has 3 aromatic rings. The molecule has 0 atom stereocenters. The summed E-state index contributed by atoms with van der Waals surface area (Å²) in [7, 11) is 1.58. The van der Waals surface area contributed by atoms with Crippen LogP contribution in [0.4, 0.5) is 5.69 Å². The number of carbonyl (C=O) groups excluding carboxylic acids is 1. The number of carbonyl (C=O) groups is 1. The highest BCUT2D eigenvalue weighted by molar-refractivity contribution is 6.04. The van der Waals surface area contributed by atoms with Crippen LogP contribution in [0.1, 0.15) is 23.1 Å². The first-order valence-corrected chi connectivity index (χ1v) is 7.28. The Bertz CT molecular complexity index is 853. The molecule has 0 spiro atoms. The van der Waals surface area contributed by atoms with Crippen LogP contribution in [0.25, 0.3) is 5.65 Å². The zero-order chi connectivity index (χ0) is 16.4. The maximum absolute atomic E-state index is 12.7. The van der Waals surface area contributed by atoms with Crippen LogP contribution in [-0.2, 0) is 6.42 Å². The Morgan fingerprint density at radius 2 is 2.04 bits per heavy atom. The minimum atomic E-state index is -0.256. The highest BCUT2D eigenvalue weighted by atomic mass is 16.5. The Hall–Kier alpha value is -3.02. The molecule has 118 valence electrons. The van der Waals surface area contributed by atoms with Crippen molar-refractivity contribution >= 4 is 17.2 Å². The van der Waals surface area contributed by atoms with Crippen LogP contribution in [0.5, 0.6) is 11.5 Å². The quantitative estimate of drug-likeness (QED) is 0.726. The fourth-order valence-corrected chi connectivity index (χ4v) is 2.47. The molecule has 0 saturated carbocycles. The van der Waals surface area contributed by atoms with E-state index >= 15 is 0 Å². The van der Waals surface area contributed by atoms with Gasteiger partial charge in [-0.3, -0.25) is 9.20 Å². The van der Waals surface area contributed by atoms with Gasteiger partial charge in [0.1, 0.15) is 11.4 Å². The van der Waals surface area contributed by atoms with Crippen LogP contribution in [0.15, 0.2) is 42.6 Å². The molecule has 0 radical (unpaired) electrons. The van der Waals surface area contributed by atoms with Gasteiger partial charge >= 0.3 is 0 Å². The first-order chi connectivity index (χ1) is 11.1. The summed E-state index contributed by atoms with van der Waals surface area (Å²) < 4.78 is 7.04. The molecule has 2 N–H and O–H groups in total. The molecule has 23 heavy (non-hydrogen) atoms. The van der Waals surface area contributed by atoms with Gasteiger partial charge in [0.15, 0.2) is 11.4 Å². The Morgan fingerprint density at radius 1 is 1.30 bits per heavy atom. The Labute approximate surface area is 133 Å². The fourth-order valence-electron chi connectivity index (χ4n) is 2.47. The third-order valence-electron chi connectivity index (χ3n) is 3.58. The predicted molar refractivity (Wildman–Crippen MR) is 87.2 cm³/mol. The Balaban J connectivity index is 2.04. The van der Waals surface area contributed by atoms with E-state index in [9.17, 15) is 9.90 Å². The number of nitrogens with zero attached hydrogens (tertiary/aromatic N) is 2. The number of imidazole rings is 1. The van der Waals surface area contributed by atoms with Crippen molar-refractivity contribution in [1.29, 1.82) is 0 Å². The lowest BCUT2D eigenvalue weighted by atomic mass is 10.2. The summed E-state index contributed by atoms with van der Waals surface area (Å²) in [5, 5.41) is 12.1. The third-order valence-corrected chi connectivity index (χ3v) is 3.58. The number of phenolic OH excluding ortho intramolecular Hbond substituents is 1. The van der Waals surface area contributed by atoms with E-state index in [1.54, 1.807) is 29.8 Å². The van der Waals surface area contributed by atoms with Gasteiger partial charge in [0, 0.05) is 11.9 Å². The number of benzene rings is 1. The summed E-state index contributed by atoms with van der Waals surface area (Å²) in [6, 6.07) is 9.95. The van der Waals surface area contributed by atoms with Crippen molar-refractivity contribution in [2.24, 2.45) is 0 Å². The number of anilines is 1. The maximum atomic E-state index is 12.7. The molecular formula is C17H17N3O3. The number of hydrogen-bond acceptors (Lipinski definition) is 4. The molecule has 0 saturated heterocycles. The van der Waals surface area contributed by atoms with Crippen molar-refractivity contribution in [3.8, 4) is 11.5 Å². The van der Waals surface area contributed by atoms with Gasteiger partial charge in [0.2, 0.25) is 0 Å². The summed E-state index contributed by atoms with van der Waals surface area (Å²) in [6.07, 6.45) is 2.42. The average Bonchev–Trinajstić information content (AvgIpc) is 2.95. The molecule has 0 bridgehead atoms. The van der Waals surface area contributed by atoms with Crippen molar-refractivity contribution in [3.63, 3.8) is 0 Å². The van der Waals surface area contributed by atoms with Crippen molar-refractivity contribution < 1.29 is 14.6 Å². The molecule has 1 aromatic carbocycles. The smallest absolute Gasteiger partial charge is 0.274 e. The molecule has 0 aliphatic carbocycles. The molecule has 6 heteroatoms. The number of ether oxygens (including phenoxy) is 1. The molecule has 3 rings (SSSR count). The van der Waals surface area contributed by atoms with Crippen LogP contribution >= 0.6 is 0 Å². The SMILES string of the molecule is CCc1nc2c(OC)cccn2c1C(=O)Nc1ccc(O)cc1. The van der Waals surface area contributed by atoms with E-state index in [2.05, 4.69) is 10.3 Å². The van der Waals surface area contributed by atoms with Crippen LogP contribution in [0.2, 0.25) is 0 Å². The van der Waals surface area contributed by atoms with Crippen molar-refractivity contribution in [3.05, 3.63) is 54.0 Å². The summed E-state index contributed by atoms with van der Waals surface area (Å²) in [6.45, 7) is 1.95. The third kappa shape index (κ3) is 2.70. The second kappa shape index (κ2) is 6.00. The summed E-state index contributed by atoms with van der Waals surface area (Å²) in [5.74, 6) is 0.510. The lowest BCUT2D eigenvalue weighted by Crippen LogP contribution is -2.16. The normalized spacial score (nSPS) is 10.7. The van der Waals surface area contributed by atoms with Crippen molar-refractivity contribution in [2.45, 2.75) is 13.3 Å². The number of nitrogens with one attached hydrogen (secondary N) is 1. The van der Waals surface area contributed by atoms with E-state index in [1.165, 1.54) is 12.1 Å². The lowest BCUT2D eigenvalue weighted by molar-refractivity contribution is 0.102. The zero-order valence-corrected chi connectivity index (χ0v) is 12.9. The predicted octanol–water partition coefficient (Wildman–Crippen LogP) is 2.86. The van der Waals surface area contributed by atoms with Crippen LogP contribution in [0.3, 0.4) is 0 Å². The van der Waals surface area contributed by atoms with Crippen LogP contribution in [-0.4, -0.2) is 27.5 Å². The first-order valence-electron chi connectivity index (χ1n) is 7.28. The molecule has 0 aliphatic heterocycles. The number of phenols is 1. The second-order valence-electron chi connectivity index (χ2n) is 5.03. The lowest BCUT2D eigenvalue weighted by Gasteiger charge is -2.07. The highest BCUT2D eigenvalue weighted by Crippen LogP contribution is 2.23. The number of aryl methyl sites for hydroxylation is 1. The molecule has 2 heterocycles.